The molecule has 0 radical (unpaired) electrons. The number of nitrogens with zero attached hydrogens (tertiary/aromatic N) is 5. The number of amides is 1. The number of aryl methyl sites for hydroxylation is 2. The summed E-state index contributed by atoms with van der Waals surface area (Å²) in [6, 6.07) is 10.4. The molecule has 28 heavy (non-hydrogen) atoms. The molecule has 0 bridgehead atoms. The Hall–Kier alpha value is -3.09. The molecule has 1 atom stereocenters. The minimum Gasteiger partial charge on any atom is -0.340 e. The molecule has 7 heteroatoms. The highest BCUT2D eigenvalue weighted by molar-refractivity contribution is 6.11. The van der Waals surface area contributed by atoms with E-state index in [2.05, 4.69) is 33.7 Å². The van der Waals surface area contributed by atoms with E-state index in [-0.39, 0.29) is 24.2 Å². The van der Waals surface area contributed by atoms with Gasteiger partial charge in [0.05, 0.1) is 0 Å². The maximum absolute atomic E-state index is 13.4. The van der Waals surface area contributed by atoms with Gasteiger partial charge in [-0.05, 0) is 58.0 Å². The predicted octanol–water partition coefficient (Wildman–Crippen LogP) is 2.05. The number of benzene rings is 2. The number of tetrazole rings is 1. The molecule has 142 valence electrons. The SMILES string of the molecule is O=C(c1ccc2c3c(cccc13)CC2)C1CCCN(C(=O)Cn2cnnn2)C1. The molecule has 0 N–H and O–H groups in total. The van der Waals surface area contributed by atoms with Gasteiger partial charge in [-0.15, -0.1) is 5.10 Å². The fourth-order valence-corrected chi connectivity index (χ4v) is 4.59. The molecule has 1 saturated heterocycles. The van der Waals surface area contributed by atoms with Gasteiger partial charge in [-0.3, -0.25) is 9.59 Å². The van der Waals surface area contributed by atoms with Crippen LogP contribution in [0.15, 0.2) is 36.7 Å². The normalized spacial score (nSPS) is 18.6. The molecule has 1 unspecified atom stereocenters. The number of ketones is 1. The van der Waals surface area contributed by atoms with Gasteiger partial charge in [0, 0.05) is 24.6 Å². The monoisotopic (exact) mass is 375 g/mol. The molecule has 1 aromatic heterocycles. The topological polar surface area (TPSA) is 81.0 Å². The van der Waals surface area contributed by atoms with Crippen LogP contribution in [0.1, 0.15) is 34.3 Å². The van der Waals surface area contributed by atoms with Crippen LogP contribution in [0.4, 0.5) is 0 Å². The van der Waals surface area contributed by atoms with Crippen molar-refractivity contribution >= 4 is 22.5 Å². The third kappa shape index (κ3) is 2.87. The van der Waals surface area contributed by atoms with E-state index < -0.39 is 0 Å². The van der Waals surface area contributed by atoms with E-state index in [4.69, 9.17) is 0 Å². The van der Waals surface area contributed by atoms with Crippen molar-refractivity contribution in [3.8, 4) is 0 Å². The van der Waals surface area contributed by atoms with Crippen molar-refractivity contribution in [3.63, 3.8) is 0 Å². The number of carbonyl (C=O) groups is 2. The van der Waals surface area contributed by atoms with Crippen LogP contribution in [0.3, 0.4) is 0 Å². The Morgan fingerprint density at radius 2 is 1.96 bits per heavy atom. The summed E-state index contributed by atoms with van der Waals surface area (Å²) in [5.74, 6) is -0.0641. The van der Waals surface area contributed by atoms with Gasteiger partial charge in [0.2, 0.25) is 5.91 Å². The van der Waals surface area contributed by atoms with Gasteiger partial charge in [-0.25, -0.2) is 4.68 Å². The zero-order valence-electron chi connectivity index (χ0n) is 15.5. The smallest absolute Gasteiger partial charge is 0.244 e. The molecule has 3 aromatic rings. The summed E-state index contributed by atoms with van der Waals surface area (Å²) in [5.41, 5.74) is 3.47. The Bertz CT molecular complexity index is 1050. The largest absolute Gasteiger partial charge is 0.340 e. The van der Waals surface area contributed by atoms with Crippen molar-refractivity contribution in [2.75, 3.05) is 13.1 Å². The summed E-state index contributed by atoms with van der Waals surface area (Å²) in [6.45, 7) is 1.24. The molecule has 1 aliphatic heterocycles. The molecule has 1 fully saturated rings. The molecule has 2 aliphatic rings. The van der Waals surface area contributed by atoms with Crippen molar-refractivity contribution in [2.24, 2.45) is 5.92 Å². The molecule has 0 saturated carbocycles. The van der Waals surface area contributed by atoms with Crippen LogP contribution in [-0.2, 0) is 24.2 Å². The molecule has 2 heterocycles. The van der Waals surface area contributed by atoms with Crippen molar-refractivity contribution in [1.82, 2.24) is 25.1 Å². The number of piperidine rings is 1. The van der Waals surface area contributed by atoms with Crippen molar-refractivity contribution in [1.29, 1.82) is 0 Å². The Labute approximate surface area is 162 Å². The average Bonchev–Trinajstić information content (AvgIpc) is 3.39. The second-order valence-electron chi connectivity index (χ2n) is 7.66. The molecular formula is C21H21N5O2. The average molecular weight is 375 g/mol. The number of rotatable bonds is 4. The van der Waals surface area contributed by atoms with Crippen molar-refractivity contribution < 1.29 is 9.59 Å². The molecule has 5 rings (SSSR count). The first kappa shape index (κ1) is 17.0. The van der Waals surface area contributed by atoms with Gasteiger partial charge in [0.1, 0.15) is 12.9 Å². The molecule has 0 spiro atoms. The fourth-order valence-electron chi connectivity index (χ4n) is 4.59. The van der Waals surface area contributed by atoms with E-state index in [9.17, 15) is 9.59 Å². The summed E-state index contributed by atoms with van der Waals surface area (Å²) in [6.07, 6.45) is 5.17. The maximum atomic E-state index is 13.4. The van der Waals surface area contributed by atoms with E-state index >= 15 is 0 Å². The predicted molar refractivity (Wildman–Crippen MR) is 103 cm³/mol. The van der Waals surface area contributed by atoms with Gasteiger partial charge >= 0.3 is 0 Å². The summed E-state index contributed by atoms with van der Waals surface area (Å²) in [7, 11) is 0. The molecular weight excluding hydrogens is 354 g/mol. The summed E-state index contributed by atoms with van der Waals surface area (Å²) < 4.78 is 1.41. The minimum absolute atomic E-state index is 0.0507. The lowest BCUT2D eigenvalue weighted by Crippen LogP contribution is -2.43. The minimum atomic E-state index is -0.162. The van der Waals surface area contributed by atoms with Gasteiger partial charge in [-0.1, -0.05) is 30.3 Å². The zero-order valence-corrected chi connectivity index (χ0v) is 15.5. The van der Waals surface area contributed by atoms with E-state index in [0.29, 0.717) is 13.1 Å². The first-order chi connectivity index (χ1) is 13.7. The number of Topliss-reactive ketones (excluding diaryl/α,β-unsaturated/α-hetero) is 1. The number of hydrogen-bond acceptors (Lipinski definition) is 5. The molecule has 1 amide bonds. The second kappa shape index (κ2) is 6.82. The Kier molecular flexibility index (Phi) is 4.15. The first-order valence-electron chi connectivity index (χ1n) is 9.77. The van der Waals surface area contributed by atoms with Crippen LogP contribution in [0, 0.1) is 5.92 Å². The standard InChI is InChI=1S/C21H21N5O2/c27-19(12-26-13-22-23-24-26)25-10-2-4-16(11-25)21(28)18-9-8-15-7-6-14-3-1-5-17(18)20(14)15/h1,3,5,8-9,13,16H,2,4,6-7,10-12H2. The molecule has 1 aliphatic carbocycles. The highest BCUT2D eigenvalue weighted by Gasteiger charge is 2.30. The number of likely N-dealkylation sites (tertiary alicyclic amines) is 1. The molecule has 7 nitrogen and oxygen atoms in total. The van der Waals surface area contributed by atoms with Gasteiger partial charge in [-0.2, -0.15) is 0 Å². The van der Waals surface area contributed by atoms with Crippen molar-refractivity contribution in [3.05, 3.63) is 53.3 Å². The van der Waals surface area contributed by atoms with Crippen LogP contribution in [0.2, 0.25) is 0 Å². The first-order valence-corrected chi connectivity index (χ1v) is 9.77. The van der Waals surface area contributed by atoms with E-state index in [0.717, 1.165) is 36.6 Å². The third-order valence-electron chi connectivity index (χ3n) is 5.98. The van der Waals surface area contributed by atoms with Crippen LogP contribution >= 0.6 is 0 Å². The zero-order chi connectivity index (χ0) is 19.1. The van der Waals surface area contributed by atoms with Gasteiger partial charge in [0.15, 0.2) is 5.78 Å². The Balaban J connectivity index is 1.38. The lowest BCUT2D eigenvalue weighted by molar-refractivity contribution is -0.133. The van der Waals surface area contributed by atoms with Crippen LogP contribution in [0.25, 0.3) is 10.8 Å². The third-order valence-corrected chi connectivity index (χ3v) is 5.98. The fraction of sp³-hybridized carbons (Fsp3) is 0.381. The van der Waals surface area contributed by atoms with Crippen LogP contribution in [-0.4, -0.2) is 49.9 Å². The second-order valence-corrected chi connectivity index (χ2v) is 7.66. The number of aromatic nitrogens is 4. The summed E-state index contributed by atoms with van der Waals surface area (Å²) in [4.78, 5) is 27.7. The highest BCUT2D eigenvalue weighted by Crippen LogP contribution is 2.34. The van der Waals surface area contributed by atoms with Gasteiger partial charge < -0.3 is 4.90 Å². The van der Waals surface area contributed by atoms with E-state index in [1.165, 1.54) is 27.5 Å². The maximum Gasteiger partial charge on any atom is 0.244 e. The summed E-state index contributed by atoms with van der Waals surface area (Å²) >= 11 is 0. The summed E-state index contributed by atoms with van der Waals surface area (Å²) in [5, 5.41) is 13.2. The highest BCUT2D eigenvalue weighted by atomic mass is 16.2. The van der Waals surface area contributed by atoms with E-state index in [1.807, 2.05) is 12.1 Å². The number of hydrogen-bond donors (Lipinski definition) is 0. The Morgan fingerprint density at radius 1 is 1.11 bits per heavy atom. The number of carbonyl (C=O) groups excluding carboxylic acids is 2. The van der Waals surface area contributed by atoms with Crippen molar-refractivity contribution in [2.45, 2.75) is 32.2 Å². The lowest BCUT2D eigenvalue weighted by atomic mass is 9.87. The quantitative estimate of drug-likeness (QED) is 0.652. The Morgan fingerprint density at radius 3 is 2.79 bits per heavy atom. The van der Waals surface area contributed by atoms with E-state index in [1.54, 1.807) is 4.90 Å². The lowest BCUT2D eigenvalue weighted by Gasteiger charge is -2.32. The van der Waals surface area contributed by atoms with Gasteiger partial charge in [0.25, 0.3) is 0 Å². The van der Waals surface area contributed by atoms with Crippen LogP contribution < -0.4 is 0 Å². The molecule has 2 aromatic carbocycles. The van der Waals surface area contributed by atoms with Crippen LogP contribution in [0.5, 0.6) is 0 Å².